The van der Waals surface area contributed by atoms with E-state index in [0.717, 1.165) is 11.3 Å². The standard InChI is InChI=1S/C16H21N5O/c1-10(2)9-13(17)15(22)20-12-5-3-11(4-6-12)14-7-8-19-16(18)21-14/h3-8,10,13H,9,17H2,1-2H3,(H,20,22)(H2,18,19,21). The van der Waals surface area contributed by atoms with Crippen LogP contribution in [0.3, 0.4) is 0 Å². The van der Waals surface area contributed by atoms with Gasteiger partial charge in [0.1, 0.15) is 0 Å². The zero-order valence-electron chi connectivity index (χ0n) is 12.8. The molecule has 1 amide bonds. The minimum atomic E-state index is -0.499. The van der Waals surface area contributed by atoms with Crippen LogP contribution in [0.25, 0.3) is 11.3 Å². The summed E-state index contributed by atoms with van der Waals surface area (Å²) in [5, 5.41) is 2.82. The number of nitrogens with one attached hydrogen (secondary N) is 1. The summed E-state index contributed by atoms with van der Waals surface area (Å²) >= 11 is 0. The summed E-state index contributed by atoms with van der Waals surface area (Å²) in [6, 6.07) is 8.64. The van der Waals surface area contributed by atoms with Gasteiger partial charge in [-0.3, -0.25) is 4.79 Å². The van der Waals surface area contributed by atoms with E-state index in [1.54, 1.807) is 12.3 Å². The highest BCUT2D eigenvalue weighted by molar-refractivity contribution is 5.94. The first-order valence-electron chi connectivity index (χ1n) is 7.21. The van der Waals surface area contributed by atoms with Gasteiger partial charge in [0.05, 0.1) is 11.7 Å². The molecule has 6 nitrogen and oxygen atoms in total. The van der Waals surface area contributed by atoms with Crippen LogP contribution < -0.4 is 16.8 Å². The van der Waals surface area contributed by atoms with Crippen molar-refractivity contribution in [2.75, 3.05) is 11.1 Å². The quantitative estimate of drug-likeness (QED) is 0.783. The second-order valence-corrected chi connectivity index (χ2v) is 5.60. The van der Waals surface area contributed by atoms with Gasteiger partial charge in [0.2, 0.25) is 11.9 Å². The topological polar surface area (TPSA) is 107 Å². The third-order valence-corrected chi connectivity index (χ3v) is 3.18. The van der Waals surface area contributed by atoms with Crippen molar-refractivity contribution in [2.24, 2.45) is 11.7 Å². The molecule has 0 aliphatic carbocycles. The van der Waals surface area contributed by atoms with E-state index in [2.05, 4.69) is 15.3 Å². The van der Waals surface area contributed by atoms with E-state index in [1.807, 2.05) is 38.1 Å². The van der Waals surface area contributed by atoms with Gasteiger partial charge < -0.3 is 16.8 Å². The molecule has 1 atom stereocenters. The SMILES string of the molecule is CC(C)CC(N)C(=O)Nc1ccc(-c2ccnc(N)n2)cc1. The zero-order valence-corrected chi connectivity index (χ0v) is 12.8. The van der Waals surface area contributed by atoms with Gasteiger partial charge in [0.15, 0.2) is 0 Å². The Bertz CT molecular complexity index is 639. The highest BCUT2D eigenvalue weighted by atomic mass is 16.2. The predicted molar refractivity (Wildman–Crippen MR) is 87.9 cm³/mol. The van der Waals surface area contributed by atoms with Crippen LogP contribution in [0.4, 0.5) is 11.6 Å². The molecular weight excluding hydrogens is 278 g/mol. The Morgan fingerprint density at radius 2 is 1.91 bits per heavy atom. The van der Waals surface area contributed by atoms with Gasteiger partial charge in [-0.05, 0) is 30.5 Å². The Balaban J connectivity index is 2.05. The van der Waals surface area contributed by atoms with Crippen molar-refractivity contribution in [3.8, 4) is 11.3 Å². The monoisotopic (exact) mass is 299 g/mol. The van der Waals surface area contributed by atoms with Crippen molar-refractivity contribution >= 4 is 17.5 Å². The average molecular weight is 299 g/mol. The number of anilines is 2. The van der Waals surface area contributed by atoms with E-state index in [-0.39, 0.29) is 11.9 Å². The lowest BCUT2D eigenvalue weighted by atomic mass is 10.0. The first kappa shape index (κ1) is 15.9. The Morgan fingerprint density at radius 1 is 1.23 bits per heavy atom. The second kappa shape index (κ2) is 7.00. The maximum Gasteiger partial charge on any atom is 0.241 e. The van der Waals surface area contributed by atoms with E-state index in [0.29, 0.717) is 18.0 Å². The minimum absolute atomic E-state index is 0.173. The Morgan fingerprint density at radius 3 is 2.50 bits per heavy atom. The highest BCUT2D eigenvalue weighted by Gasteiger charge is 2.15. The Labute approximate surface area is 130 Å². The summed E-state index contributed by atoms with van der Waals surface area (Å²) < 4.78 is 0. The molecule has 116 valence electrons. The fourth-order valence-corrected chi connectivity index (χ4v) is 2.11. The fraction of sp³-hybridized carbons (Fsp3) is 0.312. The number of aromatic nitrogens is 2. The third kappa shape index (κ3) is 4.26. The molecule has 0 radical (unpaired) electrons. The summed E-state index contributed by atoms with van der Waals surface area (Å²) in [6.07, 6.45) is 2.27. The molecule has 22 heavy (non-hydrogen) atoms. The van der Waals surface area contributed by atoms with Gasteiger partial charge >= 0.3 is 0 Å². The van der Waals surface area contributed by atoms with Gasteiger partial charge in [-0.25, -0.2) is 9.97 Å². The molecule has 0 saturated carbocycles. The largest absolute Gasteiger partial charge is 0.368 e. The van der Waals surface area contributed by atoms with Crippen LogP contribution in [-0.4, -0.2) is 21.9 Å². The molecule has 1 unspecified atom stereocenters. The zero-order chi connectivity index (χ0) is 16.1. The number of amides is 1. The third-order valence-electron chi connectivity index (χ3n) is 3.18. The molecule has 2 rings (SSSR count). The first-order chi connectivity index (χ1) is 10.5. The minimum Gasteiger partial charge on any atom is -0.368 e. The van der Waals surface area contributed by atoms with Crippen molar-refractivity contribution < 1.29 is 4.79 Å². The first-order valence-corrected chi connectivity index (χ1v) is 7.21. The van der Waals surface area contributed by atoms with Gasteiger partial charge in [-0.1, -0.05) is 26.0 Å². The van der Waals surface area contributed by atoms with E-state index < -0.39 is 6.04 Å². The average Bonchev–Trinajstić information content (AvgIpc) is 2.47. The van der Waals surface area contributed by atoms with Crippen molar-refractivity contribution in [3.05, 3.63) is 36.5 Å². The molecule has 0 fully saturated rings. The van der Waals surface area contributed by atoms with Crippen molar-refractivity contribution in [1.82, 2.24) is 9.97 Å². The van der Waals surface area contributed by atoms with Crippen LogP contribution in [0, 0.1) is 5.92 Å². The number of hydrogen-bond donors (Lipinski definition) is 3. The summed E-state index contributed by atoms with van der Waals surface area (Å²) in [5.41, 5.74) is 13.8. The summed E-state index contributed by atoms with van der Waals surface area (Å²) in [6.45, 7) is 4.07. The summed E-state index contributed by atoms with van der Waals surface area (Å²) in [5.74, 6) is 0.439. The molecule has 0 aliphatic heterocycles. The number of carbonyl (C=O) groups is 1. The Kier molecular flexibility index (Phi) is 5.06. The van der Waals surface area contributed by atoms with Crippen LogP contribution >= 0.6 is 0 Å². The van der Waals surface area contributed by atoms with Gasteiger partial charge in [-0.15, -0.1) is 0 Å². The molecule has 1 aromatic carbocycles. The molecule has 2 aromatic rings. The number of hydrogen-bond acceptors (Lipinski definition) is 5. The fourth-order valence-electron chi connectivity index (χ4n) is 2.11. The van der Waals surface area contributed by atoms with Crippen molar-refractivity contribution in [1.29, 1.82) is 0 Å². The lowest BCUT2D eigenvalue weighted by molar-refractivity contribution is -0.117. The molecule has 1 heterocycles. The highest BCUT2D eigenvalue weighted by Crippen LogP contribution is 2.20. The number of rotatable bonds is 5. The maximum atomic E-state index is 12.0. The van der Waals surface area contributed by atoms with Crippen LogP contribution in [0.5, 0.6) is 0 Å². The molecule has 6 heteroatoms. The van der Waals surface area contributed by atoms with Crippen LogP contribution in [0.1, 0.15) is 20.3 Å². The molecule has 0 spiro atoms. The lowest BCUT2D eigenvalue weighted by Crippen LogP contribution is -2.36. The van der Waals surface area contributed by atoms with Gasteiger partial charge in [0, 0.05) is 17.4 Å². The number of benzene rings is 1. The molecule has 1 aromatic heterocycles. The predicted octanol–water partition coefficient (Wildman–Crippen LogP) is 2.04. The summed E-state index contributed by atoms with van der Waals surface area (Å²) in [4.78, 5) is 20.0. The smallest absolute Gasteiger partial charge is 0.241 e. The number of carbonyl (C=O) groups excluding carboxylic acids is 1. The molecule has 0 bridgehead atoms. The number of nitrogens with zero attached hydrogens (tertiary/aromatic N) is 2. The lowest BCUT2D eigenvalue weighted by Gasteiger charge is -2.14. The van der Waals surface area contributed by atoms with Crippen molar-refractivity contribution in [3.63, 3.8) is 0 Å². The molecule has 0 aliphatic rings. The van der Waals surface area contributed by atoms with Crippen molar-refractivity contribution in [2.45, 2.75) is 26.3 Å². The van der Waals surface area contributed by atoms with Crippen LogP contribution in [-0.2, 0) is 4.79 Å². The van der Waals surface area contributed by atoms with E-state index in [9.17, 15) is 4.79 Å². The molecular formula is C16H21N5O. The number of nitrogen functional groups attached to an aromatic ring is 1. The molecule has 5 N–H and O–H groups in total. The van der Waals surface area contributed by atoms with E-state index >= 15 is 0 Å². The second-order valence-electron chi connectivity index (χ2n) is 5.60. The van der Waals surface area contributed by atoms with Gasteiger partial charge in [-0.2, -0.15) is 0 Å². The molecule has 0 saturated heterocycles. The number of nitrogens with two attached hydrogens (primary N) is 2. The normalized spacial score (nSPS) is 12.2. The van der Waals surface area contributed by atoms with E-state index in [1.165, 1.54) is 0 Å². The van der Waals surface area contributed by atoms with Crippen LogP contribution in [0.2, 0.25) is 0 Å². The van der Waals surface area contributed by atoms with Crippen LogP contribution in [0.15, 0.2) is 36.5 Å². The Hall–Kier alpha value is -2.47. The van der Waals surface area contributed by atoms with Gasteiger partial charge in [0.25, 0.3) is 0 Å². The van der Waals surface area contributed by atoms with E-state index in [4.69, 9.17) is 11.5 Å². The maximum absolute atomic E-state index is 12.0. The summed E-state index contributed by atoms with van der Waals surface area (Å²) in [7, 11) is 0.